The molecule has 106 valence electrons. The number of quaternary nitrogens is 1. The van der Waals surface area contributed by atoms with Crippen LogP contribution in [-0.2, 0) is 0 Å². The molecule has 1 aliphatic heterocycles. The van der Waals surface area contributed by atoms with E-state index in [1.54, 1.807) is 0 Å². The summed E-state index contributed by atoms with van der Waals surface area (Å²) in [5.41, 5.74) is 7.63. The highest BCUT2D eigenvalue weighted by atomic mass is 16.5. The zero-order chi connectivity index (χ0) is 13.9. The minimum absolute atomic E-state index is 0.225. The number of anilines is 2. The summed E-state index contributed by atoms with van der Waals surface area (Å²) in [5, 5.41) is 9.06. The number of ether oxygens (including phenoxy) is 1. The van der Waals surface area contributed by atoms with Crippen LogP contribution in [0.4, 0.5) is 11.4 Å². The second-order valence-corrected chi connectivity index (χ2v) is 5.67. The van der Waals surface area contributed by atoms with E-state index in [0.717, 1.165) is 47.8 Å². The number of aliphatic hydroxyl groups is 1. The van der Waals surface area contributed by atoms with Gasteiger partial charge in [-0.2, -0.15) is 0 Å². The number of aliphatic hydroxyl groups excluding tert-OH is 1. The van der Waals surface area contributed by atoms with Gasteiger partial charge in [0.05, 0.1) is 46.0 Å². The van der Waals surface area contributed by atoms with Gasteiger partial charge in [0.1, 0.15) is 18.9 Å². The summed E-state index contributed by atoms with van der Waals surface area (Å²) < 4.78 is 6.46. The highest BCUT2D eigenvalue weighted by Gasteiger charge is 2.21. The van der Waals surface area contributed by atoms with Gasteiger partial charge in [0, 0.05) is 11.8 Å². The minimum Gasteiger partial charge on any atom is -0.489 e. The van der Waals surface area contributed by atoms with Gasteiger partial charge in [0.2, 0.25) is 0 Å². The normalized spacial score (nSPS) is 15.0. The number of hydrogen-bond acceptors (Lipinski definition) is 4. The molecule has 0 bridgehead atoms. The maximum atomic E-state index is 9.06. The highest BCUT2D eigenvalue weighted by Crippen LogP contribution is 2.33. The third-order valence-corrected chi connectivity index (χ3v) is 3.62. The standard InChI is InChI=1S/C14H24N3O2/c1-17(2,8-9-18)7-5-16-6-10-19-14-11-12(15)3-4-13(14)16/h3-4,11,18H,5-10,15H2,1-2H3/q+1. The summed E-state index contributed by atoms with van der Waals surface area (Å²) in [7, 11) is 4.28. The summed E-state index contributed by atoms with van der Waals surface area (Å²) in [6, 6.07) is 5.82. The maximum absolute atomic E-state index is 9.06. The van der Waals surface area contributed by atoms with Crippen LogP contribution >= 0.6 is 0 Å². The van der Waals surface area contributed by atoms with E-state index in [2.05, 4.69) is 19.0 Å². The summed E-state index contributed by atoms with van der Waals surface area (Å²) >= 11 is 0. The number of likely N-dealkylation sites (N-methyl/N-ethyl adjacent to an activating group) is 1. The van der Waals surface area contributed by atoms with Crippen LogP contribution in [0, 0.1) is 0 Å². The molecule has 0 aromatic heterocycles. The van der Waals surface area contributed by atoms with E-state index in [0.29, 0.717) is 6.61 Å². The van der Waals surface area contributed by atoms with Crippen LogP contribution in [0.25, 0.3) is 0 Å². The van der Waals surface area contributed by atoms with Gasteiger partial charge < -0.3 is 25.0 Å². The Balaban J connectivity index is 2.04. The molecule has 0 atom stereocenters. The molecule has 19 heavy (non-hydrogen) atoms. The second kappa shape index (κ2) is 5.67. The lowest BCUT2D eigenvalue weighted by Gasteiger charge is -2.35. The first kappa shape index (κ1) is 14.0. The van der Waals surface area contributed by atoms with Crippen LogP contribution in [0.2, 0.25) is 0 Å². The van der Waals surface area contributed by atoms with Crippen LogP contribution in [0.3, 0.4) is 0 Å². The molecule has 0 radical (unpaired) electrons. The van der Waals surface area contributed by atoms with Crippen LogP contribution in [0.15, 0.2) is 18.2 Å². The summed E-state index contributed by atoms with van der Waals surface area (Å²) in [6.45, 7) is 4.54. The first-order chi connectivity index (χ1) is 9.02. The van der Waals surface area contributed by atoms with Gasteiger partial charge in [-0.25, -0.2) is 0 Å². The van der Waals surface area contributed by atoms with E-state index >= 15 is 0 Å². The summed E-state index contributed by atoms with van der Waals surface area (Å²) in [4.78, 5) is 2.33. The van der Waals surface area contributed by atoms with Crippen molar-refractivity contribution in [1.82, 2.24) is 0 Å². The van der Waals surface area contributed by atoms with Crippen molar-refractivity contribution in [3.63, 3.8) is 0 Å². The molecular formula is C14H24N3O2+. The van der Waals surface area contributed by atoms with Crippen molar-refractivity contribution in [2.24, 2.45) is 0 Å². The third kappa shape index (κ3) is 3.52. The van der Waals surface area contributed by atoms with Crippen LogP contribution in [0.5, 0.6) is 5.75 Å². The predicted octanol–water partition coefficient (Wildman–Crippen LogP) is 0.536. The maximum Gasteiger partial charge on any atom is 0.144 e. The molecule has 0 saturated carbocycles. The van der Waals surface area contributed by atoms with Gasteiger partial charge in [0.15, 0.2) is 0 Å². The van der Waals surface area contributed by atoms with Gasteiger partial charge in [-0.05, 0) is 12.1 Å². The number of benzene rings is 1. The fraction of sp³-hybridized carbons (Fsp3) is 0.571. The Bertz CT molecular complexity index is 435. The third-order valence-electron chi connectivity index (χ3n) is 3.62. The summed E-state index contributed by atoms with van der Waals surface area (Å²) in [6.07, 6.45) is 0. The quantitative estimate of drug-likeness (QED) is 0.603. The van der Waals surface area contributed by atoms with Crippen molar-refractivity contribution in [2.75, 3.05) is 64.1 Å². The topological polar surface area (TPSA) is 58.7 Å². The molecule has 0 aliphatic carbocycles. The number of nitrogens with zero attached hydrogens (tertiary/aromatic N) is 2. The molecule has 0 unspecified atom stereocenters. The first-order valence-corrected chi connectivity index (χ1v) is 6.72. The van der Waals surface area contributed by atoms with Crippen LogP contribution < -0.4 is 15.4 Å². The number of hydrogen-bond donors (Lipinski definition) is 2. The van der Waals surface area contributed by atoms with E-state index in [1.807, 2.05) is 18.2 Å². The molecule has 2 rings (SSSR count). The van der Waals surface area contributed by atoms with Crippen LogP contribution in [0.1, 0.15) is 0 Å². The fourth-order valence-electron chi connectivity index (χ4n) is 2.30. The van der Waals surface area contributed by atoms with Gasteiger partial charge in [0.25, 0.3) is 0 Å². The largest absolute Gasteiger partial charge is 0.489 e. The highest BCUT2D eigenvalue weighted by molar-refractivity contribution is 5.65. The molecule has 5 nitrogen and oxygen atoms in total. The SMILES string of the molecule is C[N+](C)(CCO)CCN1CCOc2cc(N)ccc21. The lowest BCUT2D eigenvalue weighted by Crippen LogP contribution is -2.48. The Kier molecular flexibility index (Phi) is 4.17. The molecule has 0 spiro atoms. The average Bonchev–Trinajstić information content (AvgIpc) is 2.36. The van der Waals surface area contributed by atoms with Gasteiger partial charge >= 0.3 is 0 Å². The van der Waals surface area contributed by atoms with Gasteiger partial charge in [-0.1, -0.05) is 0 Å². The van der Waals surface area contributed by atoms with Crippen LogP contribution in [-0.4, -0.2) is 63.1 Å². The van der Waals surface area contributed by atoms with E-state index in [1.165, 1.54) is 0 Å². The zero-order valence-corrected chi connectivity index (χ0v) is 11.8. The predicted molar refractivity (Wildman–Crippen MR) is 77.5 cm³/mol. The second-order valence-electron chi connectivity index (χ2n) is 5.67. The number of nitrogen functional groups attached to an aromatic ring is 1. The molecule has 3 N–H and O–H groups in total. The molecule has 1 aliphatic rings. The fourth-order valence-corrected chi connectivity index (χ4v) is 2.30. The lowest BCUT2D eigenvalue weighted by molar-refractivity contribution is -0.889. The molecule has 1 aromatic carbocycles. The Morgan fingerprint density at radius 1 is 1.37 bits per heavy atom. The van der Waals surface area contributed by atoms with E-state index < -0.39 is 0 Å². The Hall–Kier alpha value is -1.46. The smallest absolute Gasteiger partial charge is 0.144 e. The molecule has 5 heteroatoms. The first-order valence-electron chi connectivity index (χ1n) is 6.72. The van der Waals surface area contributed by atoms with Gasteiger partial charge in [-0.15, -0.1) is 0 Å². The number of fused-ring (bicyclic) bond motifs is 1. The molecule has 0 saturated heterocycles. The van der Waals surface area contributed by atoms with Gasteiger partial charge in [-0.3, -0.25) is 0 Å². The zero-order valence-electron chi connectivity index (χ0n) is 11.8. The van der Waals surface area contributed by atoms with Crippen molar-refractivity contribution in [2.45, 2.75) is 0 Å². The molecule has 0 amide bonds. The van der Waals surface area contributed by atoms with Crippen molar-refractivity contribution < 1.29 is 14.3 Å². The number of rotatable bonds is 5. The summed E-state index contributed by atoms with van der Waals surface area (Å²) in [5.74, 6) is 0.874. The van der Waals surface area contributed by atoms with E-state index in [9.17, 15) is 0 Å². The lowest BCUT2D eigenvalue weighted by atomic mass is 10.2. The Morgan fingerprint density at radius 2 is 2.16 bits per heavy atom. The Labute approximate surface area is 114 Å². The van der Waals surface area contributed by atoms with Crippen molar-refractivity contribution in [3.05, 3.63) is 18.2 Å². The van der Waals surface area contributed by atoms with E-state index in [-0.39, 0.29) is 6.61 Å². The molecule has 1 heterocycles. The Morgan fingerprint density at radius 3 is 2.89 bits per heavy atom. The van der Waals surface area contributed by atoms with Crippen molar-refractivity contribution >= 4 is 11.4 Å². The number of nitrogens with two attached hydrogens (primary N) is 1. The van der Waals surface area contributed by atoms with Crippen molar-refractivity contribution in [3.8, 4) is 5.75 Å². The molecular weight excluding hydrogens is 242 g/mol. The molecule has 1 aromatic rings. The van der Waals surface area contributed by atoms with Crippen molar-refractivity contribution in [1.29, 1.82) is 0 Å². The average molecular weight is 266 g/mol. The minimum atomic E-state index is 0.225. The monoisotopic (exact) mass is 266 g/mol. The van der Waals surface area contributed by atoms with E-state index in [4.69, 9.17) is 15.6 Å². The molecule has 0 fully saturated rings.